The van der Waals surface area contributed by atoms with Gasteiger partial charge in [0.2, 0.25) is 11.1 Å². The molecule has 0 bridgehead atoms. The third kappa shape index (κ3) is 4.69. The molecule has 1 aromatic carbocycles. The van der Waals surface area contributed by atoms with Crippen molar-refractivity contribution in [2.45, 2.75) is 57.4 Å². The van der Waals surface area contributed by atoms with E-state index in [2.05, 4.69) is 55.4 Å². The predicted octanol–water partition coefficient (Wildman–Crippen LogP) is 3.77. The zero-order chi connectivity index (χ0) is 19.6. The number of hydrogen-bond donors (Lipinski definition) is 0. The van der Waals surface area contributed by atoms with Gasteiger partial charge in [0.15, 0.2) is 0 Å². The Morgan fingerprint density at radius 2 is 1.74 bits per heavy atom. The summed E-state index contributed by atoms with van der Waals surface area (Å²) >= 11 is 1.42. The number of rotatable bonds is 5. The first kappa shape index (κ1) is 19.9. The molecule has 2 aromatic rings. The fourth-order valence-electron chi connectivity index (χ4n) is 3.72. The molecule has 3 rings (SSSR count). The lowest BCUT2D eigenvalue weighted by molar-refractivity contribution is -0.132. The van der Waals surface area contributed by atoms with Crippen molar-refractivity contribution in [3.8, 4) is 5.69 Å². The van der Waals surface area contributed by atoms with Gasteiger partial charge in [-0.2, -0.15) is 4.68 Å². The Balaban J connectivity index is 1.71. The van der Waals surface area contributed by atoms with Crippen molar-refractivity contribution in [3.63, 3.8) is 0 Å². The van der Waals surface area contributed by atoms with E-state index in [-0.39, 0.29) is 11.2 Å². The first-order valence-corrected chi connectivity index (χ1v) is 10.6. The van der Waals surface area contributed by atoms with Crippen molar-refractivity contribution in [1.29, 1.82) is 0 Å². The Morgan fingerprint density at radius 1 is 1.11 bits per heavy atom. The number of hydrogen-bond acceptors (Lipinski definition) is 5. The maximum absolute atomic E-state index is 12.9. The number of amides is 1. The first-order chi connectivity index (χ1) is 12.8. The number of carbonyl (C=O) groups excluding carboxylic acids is 1. The molecule has 7 heteroatoms. The molecule has 1 saturated heterocycles. The average Bonchev–Trinajstić information content (AvgIpc) is 3.08. The van der Waals surface area contributed by atoms with Gasteiger partial charge in [0, 0.05) is 13.1 Å². The summed E-state index contributed by atoms with van der Waals surface area (Å²) in [6.07, 6.45) is 1.19. The Bertz CT molecular complexity index is 763. The molecule has 1 aromatic heterocycles. The molecular weight excluding hydrogens is 358 g/mol. The molecule has 3 atom stereocenters. The van der Waals surface area contributed by atoms with E-state index in [1.165, 1.54) is 23.7 Å². The van der Waals surface area contributed by atoms with Gasteiger partial charge < -0.3 is 4.90 Å². The highest BCUT2D eigenvalue weighted by molar-refractivity contribution is 8.00. The lowest BCUT2D eigenvalue weighted by atomic mass is 9.92. The highest BCUT2D eigenvalue weighted by Crippen LogP contribution is 2.27. The molecule has 146 valence electrons. The molecule has 0 aliphatic carbocycles. The van der Waals surface area contributed by atoms with Crippen molar-refractivity contribution in [2.75, 3.05) is 13.1 Å². The largest absolute Gasteiger partial charge is 0.341 e. The molecule has 0 saturated carbocycles. The fourth-order valence-corrected chi connectivity index (χ4v) is 4.61. The molecule has 1 aliphatic rings. The highest BCUT2D eigenvalue weighted by atomic mass is 32.2. The normalized spacial score (nSPS) is 21.5. The van der Waals surface area contributed by atoms with Crippen molar-refractivity contribution < 1.29 is 4.79 Å². The second-order valence-corrected chi connectivity index (χ2v) is 9.38. The Labute approximate surface area is 165 Å². The maximum atomic E-state index is 12.9. The molecule has 1 amide bonds. The van der Waals surface area contributed by atoms with E-state index in [0.717, 1.165) is 18.8 Å². The van der Waals surface area contributed by atoms with Gasteiger partial charge in [-0.1, -0.05) is 51.6 Å². The second-order valence-electron chi connectivity index (χ2n) is 8.07. The molecule has 0 radical (unpaired) electrons. The quantitative estimate of drug-likeness (QED) is 0.731. The minimum atomic E-state index is -0.220. The van der Waals surface area contributed by atoms with Crippen LogP contribution in [0.25, 0.3) is 5.69 Å². The number of tetrazole rings is 1. The number of thioether (sulfide) groups is 1. The van der Waals surface area contributed by atoms with Gasteiger partial charge in [-0.15, -0.1) is 5.10 Å². The predicted molar refractivity (Wildman–Crippen MR) is 108 cm³/mol. The van der Waals surface area contributed by atoms with Gasteiger partial charge in [-0.3, -0.25) is 4.79 Å². The van der Waals surface area contributed by atoms with Gasteiger partial charge in [0.05, 0.1) is 10.9 Å². The van der Waals surface area contributed by atoms with E-state index < -0.39 is 0 Å². The minimum absolute atomic E-state index is 0.170. The number of carbonyl (C=O) groups is 1. The monoisotopic (exact) mass is 387 g/mol. The second kappa shape index (κ2) is 8.42. The van der Waals surface area contributed by atoms with Crippen LogP contribution in [0.5, 0.6) is 0 Å². The lowest BCUT2D eigenvalue weighted by Crippen LogP contribution is -2.45. The van der Waals surface area contributed by atoms with Crippen LogP contribution in [0.3, 0.4) is 0 Å². The average molecular weight is 388 g/mol. The van der Waals surface area contributed by atoms with Gasteiger partial charge in [-0.05, 0) is 59.2 Å². The molecule has 6 nitrogen and oxygen atoms in total. The summed E-state index contributed by atoms with van der Waals surface area (Å²) in [4.78, 5) is 14.9. The minimum Gasteiger partial charge on any atom is -0.341 e. The Kier molecular flexibility index (Phi) is 6.19. The van der Waals surface area contributed by atoms with E-state index in [0.29, 0.717) is 22.9 Å². The van der Waals surface area contributed by atoms with E-state index in [4.69, 9.17) is 0 Å². The van der Waals surface area contributed by atoms with Crippen molar-refractivity contribution in [1.82, 2.24) is 25.1 Å². The van der Waals surface area contributed by atoms with Crippen LogP contribution in [-0.2, 0) is 4.79 Å². The van der Waals surface area contributed by atoms with Gasteiger partial charge in [0.25, 0.3) is 0 Å². The third-order valence-electron chi connectivity index (χ3n) is 5.06. The van der Waals surface area contributed by atoms with Crippen molar-refractivity contribution in [3.05, 3.63) is 29.8 Å². The molecular formula is C20H29N5OS. The van der Waals surface area contributed by atoms with Crippen LogP contribution in [0, 0.1) is 11.8 Å². The zero-order valence-corrected chi connectivity index (χ0v) is 17.6. The lowest BCUT2D eigenvalue weighted by Gasteiger charge is -2.36. The molecule has 0 unspecified atom stereocenters. The van der Waals surface area contributed by atoms with Gasteiger partial charge in [-0.25, -0.2) is 0 Å². The van der Waals surface area contributed by atoms with Crippen LogP contribution in [-0.4, -0.2) is 49.4 Å². The SMILES string of the molecule is CC(C)c1ccc(-n2nnnc2S[C@@H](C)C(=O)N2C[C@H](C)C[C@@H](C)C2)cc1. The van der Waals surface area contributed by atoms with E-state index in [1.54, 1.807) is 4.68 Å². The summed E-state index contributed by atoms with van der Waals surface area (Å²) in [7, 11) is 0. The molecule has 0 spiro atoms. The van der Waals surface area contributed by atoms with E-state index in [1.807, 2.05) is 24.0 Å². The van der Waals surface area contributed by atoms with Crippen LogP contribution >= 0.6 is 11.8 Å². The Morgan fingerprint density at radius 3 is 2.33 bits per heavy atom. The molecule has 0 N–H and O–H groups in total. The summed E-state index contributed by atoms with van der Waals surface area (Å²) < 4.78 is 1.71. The van der Waals surface area contributed by atoms with Crippen LogP contribution in [0.4, 0.5) is 0 Å². The topological polar surface area (TPSA) is 63.9 Å². The molecule has 1 aliphatic heterocycles. The van der Waals surface area contributed by atoms with Gasteiger partial charge in [0.1, 0.15) is 0 Å². The highest BCUT2D eigenvalue weighted by Gasteiger charge is 2.29. The summed E-state index contributed by atoms with van der Waals surface area (Å²) in [6, 6.07) is 8.24. The Hall–Kier alpha value is -1.89. The number of piperidine rings is 1. The summed E-state index contributed by atoms with van der Waals surface area (Å²) in [5.74, 6) is 1.76. The van der Waals surface area contributed by atoms with E-state index in [9.17, 15) is 4.79 Å². The van der Waals surface area contributed by atoms with Crippen LogP contribution < -0.4 is 0 Å². The molecule has 27 heavy (non-hydrogen) atoms. The number of likely N-dealkylation sites (tertiary alicyclic amines) is 1. The first-order valence-electron chi connectivity index (χ1n) is 9.69. The van der Waals surface area contributed by atoms with Crippen LogP contribution in [0.2, 0.25) is 0 Å². The fraction of sp³-hybridized carbons (Fsp3) is 0.600. The number of nitrogens with zero attached hydrogens (tertiary/aromatic N) is 5. The molecule has 1 fully saturated rings. The number of benzene rings is 1. The number of aromatic nitrogens is 4. The van der Waals surface area contributed by atoms with Crippen LogP contribution in [0.1, 0.15) is 52.5 Å². The summed E-state index contributed by atoms with van der Waals surface area (Å²) in [5.41, 5.74) is 2.18. The zero-order valence-electron chi connectivity index (χ0n) is 16.8. The standard InChI is InChI=1S/C20H29N5OS/c1-13(2)17-6-8-18(9-7-17)25-20(21-22-23-25)27-16(5)19(26)24-11-14(3)10-15(4)12-24/h6-9,13-16H,10-12H2,1-5H3/t14-,15-,16+/m1/s1. The van der Waals surface area contributed by atoms with Crippen molar-refractivity contribution in [2.24, 2.45) is 11.8 Å². The van der Waals surface area contributed by atoms with Crippen LogP contribution in [0.15, 0.2) is 29.4 Å². The van der Waals surface area contributed by atoms with Gasteiger partial charge >= 0.3 is 0 Å². The smallest absolute Gasteiger partial charge is 0.235 e. The van der Waals surface area contributed by atoms with Crippen molar-refractivity contribution >= 4 is 17.7 Å². The summed E-state index contributed by atoms with van der Waals surface area (Å²) in [6.45, 7) is 12.4. The van der Waals surface area contributed by atoms with E-state index >= 15 is 0 Å². The maximum Gasteiger partial charge on any atom is 0.235 e. The summed E-state index contributed by atoms with van der Waals surface area (Å²) in [5, 5.41) is 12.5. The molecule has 2 heterocycles. The third-order valence-corrected chi connectivity index (χ3v) is 6.08.